The van der Waals surface area contributed by atoms with Gasteiger partial charge in [0.1, 0.15) is 5.75 Å². The van der Waals surface area contributed by atoms with E-state index >= 15 is 0 Å². The molecule has 0 amide bonds. The number of aryl methyl sites for hydroxylation is 1. The maximum absolute atomic E-state index is 5.54. The number of hydrogen-bond donors (Lipinski definition) is 1. The second-order valence-electron chi connectivity index (χ2n) is 3.75. The molecule has 0 radical (unpaired) electrons. The molecule has 0 aliphatic rings. The van der Waals surface area contributed by atoms with E-state index < -0.39 is 0 Å². The van der Waals surface area contributed by atoms with Crippen molar-refractivity contribution in [3.05, 3.63) is 29.3 Å². The summed E-state index contributed by atoms with van der Waals surface area (Å²) in [5.41, 5.74) is 2.54. The second-order valence-corrected chi connectivity index (χ2v) is 4.67. The highest BCUT2D eigenvalue weighted by atomic mass is 32.2. The molecule has 1 unspecified atom stereocenters. The smallest absolute Gasteiger partial charge is 0.122 e. The monoisotopic (exact) mass is 239 g/mol. The van der Waals surface area contributed by atoms with Crippen LogP contribution in [0.25, 0.3) is 0 Å². The summed E-state index contributed by atoms with van der Waals surface area (Å²) < 4.78 is 5.54. The largest absolute Gasteiger partial charge is 0.494 e. The van der Waals surface area contributed by atoms with Gasteiger partial charge in [-0.1, -0.05) is 12.1 Å². The average molecular weight is 239 g/mol. The van der Waals surface area contributed by atoms with Crippen LogP contribution >= 0.6 is 11.8 Å². The number of benzene rings is 1. The number of nitrogens with one attached hydrogen (secondary N) is 1. The van der Waals surface area contributed by atoms with E-state index in [9.17, 15) is 0 Å². The summed E-state index contributed by atoms with van der Waals surface area (Å²) in [5.74, 6) is 2.08. The highest BCUT2D eigenvalue weighted by Gasteiger charge is 2.09. The van der Waals surface area contributed by atoms with Gasteiger partial charge in [0.15, 0.2) is 0 Å². The second kappa shape index (κ2) is 6.81. The van der Waals surface area contributed by atoms with Crippen molar-refractivity contribution in [2.24, 2.45) is 0 Å². The van der Waals surface area contributed by atoms with E-state index in [1.165, 1.54) is 11.1 Å². The maximum atomic E-state index is 5.54. The summed E-state index contributed by atoms with van der Waals surface area (Å²) in [6.07, 6.45) is 2.13. The molecule has 0 aliphatic heterocycles. The SMILES string of the molecule is CCOc1ccc(C(CSC)NC)cc1C. The zero-order valence-electron chi connectivity index (χ0n) is 10.5. The van der Waals surface area contributed by atoms with Crippen LogP contribution in [0.1, 0.15) is 24.1 Å². The molecule has 1 N–H and O–H groups in total. The topological polar surface area (TPSA) is 21.3 Å². The van der Waals surface area contributed by atoms with E-state index in [1.54, 1.807) is 0 Å². The molecule has 1 aromatic carbocycles. The molecule has 0 fully saturated rings. The molecule has 90 valence electrons. The fraction of sp³-hybridized carbons (Fsp3) is 0.538. The number of ether oxygens (including phenoxy) is 1. The number of hydrogen-bond acceptors (Lipinski definition) is 3. The zero-order chi connectivity index (χ0) is 12.0. The minimum Gasteiger partial charge on any atom is -0.494 e. The third kappa shape index (κ3) is 3.42. The predicted octanol–water partition coefficient (Wildman–Crippen LogP) is 3.02. The molecule has 0 bridgehead atoms. The van der Waals surface area contributed by atoms with Crippen molar-refractivity contribution < 1.29 is 4.74 Å². The molecular weight excluding hydrogens is 218 g/mol. The van der Waals surface area contributed by atoms with Gasteiger partial charge in [0, 0.05) is 11.8 Å². The molecule has 1 rings (SSSR count). The van der Waals surface area contributed by atoms with Crippen LogP contribution in [-0.2, 0) is 0 Å². The normalized spacial score (nSPS) is 12.5. The minimum atomic E-state index is 0.421. The van der Waals surface area contributed by atoms with Gasteiger partial charge in [-0.15, -0.1) is 0 Å². The first kappa shape index (κ1) is 13.4. The lowest BCUT2D eigenvalue weighted by Gasteiger charge is -2.17. The van der Waals surface area contributed by atoms with Crippen LogP contribution in [0.15, 0.2) is 18.2 Å². The molecule has 3 heteroatoms. The van der Waals surface area contributed by atoms with Crippen LogP contribution < -0.4 is 10.1 Å². The van der Waals surface area contributed by atoms with Crippen LogP contribution in [0.5, 0.6) is 5.75 Å². The van der Waals surface area contributed by atoms with Crippen molar-refractivity contribution in [2.45, 2.75) is 19.9 Å². The van der Waals surface area contributed by atoms with Gasteiger partial charge in [0.05, 0.1) is 6.61 Å². The van der Waals surface area contributed by atoms with Gasteiger partial charge in [0.25, 0.3) is 0 Å². The van der Waals surface area contributed by atoms with Crippen molar-refractivity contribution in [3.63, 3.8) is 0 Å². The summed E-state index contributed by atoms with van der Waals surface area (Å²) in [5, 5.41) is 3.34. The minimum absolute atomic E-state index is 0.421. The van der Waals surface area contributed by atoms with E-state index in [0.717, 1.165) is 18.1 Å². The lowest BCUT2D eigenvalue weighted by molar-refractivity contribution is 0.337. The van der Waals surface area contributed by atoms with Gasteiger partial charge in [-0.05, 0) is 44.3 Å². The van der Waals surface area contributed by atoms with Gasteiger partial charge in [-0.3, -0.25) is 0 Å². The van der Waals surface area contributed by atoms with E-state index in [0.29, 0.717) is 6.04 Å². The molecule has 16 heavy (non-hydrogen) atoms. The highest BCUT2D eigenvalue weighted by molar-refractivity contribution is 7.98. The first-order valence-corrected chi connectivity index (χ1v) is 7.01. The summed E-state index contributed by atoms with van der Waals surface area (Å²) in [6, 6.07) is 6.85. The molecule has 0 aliphatic carbocycles. The van der Waals surface area contributed by atoms with Crippen LogP contribution in [0.3, 0.4) is 0 Å². The van der Waals surface area contributed by atoms with Crippen LogP contribution in [0.2, 0.25) is 0 Å². The van der Waals surface area contributed by atoms with Crippen molar-refractivity contribution in [1.82, 2.24) is 5.32 Å². The van der Waals surface area contributed by atoms with Crippen molar-refractivity contribution in [2.75, 3.05) is 25.7 Å². The Balaban J connectivity index is 2.85. The molecule has 0 saturated heterocycles. The molecule has 2 nitrogen and oxygen atoms in total. The Labute approximate surface area is 103 Å². The fourth-order valence-electron chi connectivity index (χ4n) is 1.72. The van der Waals surface area contributed by atoms with Crippen LogP contribution in [-0.4, -0.2) is 25.7 Å². The Morgan fingerprint density at radius 2 is 2.19 bits per heavy atom. The molecule has 1 aromatic rings. The summed E-state index contributed by atoms with van der Waals surface area (Å²) in [7, 11) is 2.01. The number of thioether (sulfide) groups is 1. The molecular formula is C13H21NOS. The Kier molecular flexibility index (Phi) is 5.71. The van der Waals surface area contributed by atoms with Gasteiger partial charge in [-0.25, -0.2) is 0 Å². The lowest BCUT2D eigenvalue weighted by atomic mass is 10.1. The van der Waals surface area contributed by atoms with Crippen molar-refractivity contribution in [3.8, 4) is 5.75 Å². The predicted molar refractivity (Wildman–Crippen MR) is 72.5 cm³/mol. The summed E-state index contributed by atoms with van der Waals surface area (Å²) in [4.78, 5) is 0. The summed E-state index contributed by atoms with van der Waals surface area (Å²) >= 11 is 1.86. The molecule has 0 saturated carbocycles. The first-order chi connectivity index (χ1) is 7.72. The van der Waals surface area contributed by atoms with E-state index in [1.807, 2.05) is 25.7 Å². The number of rotatable bonds is 6. The molecule has 0 spiro atoms. The first-order valence-electron chi connectivity index (χ1n) is 5.62. The third-order valence-electron chi connectivity index (χ3n) is 2.58. The maximum Gasteiger partial charge on any atom is 0.122 e. The fourth-order valence-corrected chi connectivity index (χ4v) is 2.41. The Bertz CT molecular complexity index is 328. The molecule has 0 aromatic heterocycles. The standard InChI is InChI=1S/C13H21NOS/c1-5-15-13-7-6-11(8-10(13)2)12(14-3)9-16-4/h6-8,12,14H,5,9H2,1-4H3. The third-order valence-corrected chi connectivity index (χ3v) is 3.25. The van der Waals surface area contributed by atoms with Crippen LogP contribution in [0, 0.1) is 6.92 Å². The van der Waals surface area contributed by atoms with E-state index in [2.05, 4.69) is 36.7 Å². The Morgan fingerprint density at radius 1 is 1.44 bits per heavy atom. The average Bonchev–Trinajstić information content (AvgIpc) is 2.29. The van der Waals surface area contributed by atoms with Gasteiger partial charge in [0.2, 0.25) is 0 Å². The molecule has 1 atom stereocenters. The Morgan fingerprint density at radius 3 is 2.69 bits per heavy atom. The van der Waals surface area contributed by atoms with E-state index in [4.69, 9.17) is 4.74 Å². The zero-order valence-corrected chi connectivity index (χ0v) is 11.4. The van der Waals surface area contributed by atoms with Gasteiger partial charge in [-0.2, -0.15) is 11.8 Å². The van der Waals surface area contributed by atoms with Crippen molar-refractivity contribution in [1.29, 1.82) is 0 Å². The van der Waals surface area contributed by atoms with E-state index in [-0.39, 0.29) is 0 Å². The van der Waals surface area contributed by atoms with Gasteiger partial charge >= 0.3 is 0 Å². The lowest BCUT2D eigenvalue weighted by Crippen LogP contribution is -2.18. The Hall–Kier alpha value is -0.670. The summed E-state index contributed by atoms with van der Waals surface area (Å²) in [6.45, 7) is 4.83. The van der Waals surface area contributed by atoms with Gasteiger partial charge < -0.3 is 10.1 Å². The van der Waals surface area contributed by atoms with Crippen LogP contribution in [0.4, 0.5) is 0 Å². The quantitative estimate of drug-likeness (QED) is 0.824. The highest BCUT2D eigenvalue weighted by Crippen LogP contribution is 2.24. The van der Waals surface area contributed by atoms with Crippen molar-refractivity contribution >= 4 is 11.8 Å². The molecule has 0 heterocycles.